The summed E-state index contributed by atoms with van der Waals surface area (Å²) < 4.78 is 41.6. The first-order valence-corrected chi connectivity index (χ1v) is 13.8. The average Bonchev–Trinajstić information content (AvgIpc) is 2.91. The van der Waals surface area contributed by atoms with Gasteiger partial charge in [-0.1, -0.05) is 72.3 Å². The Balaban J connectivity index is 1.40. The second-order valence-corrected chi connectivity index (χ2v) is 11.1. The summed E-state index contributed by atoms with van der Waals surface area (Å²) in [5.41, 5.74) is 2.70. The van der Waals surface area contributed by atoms with E-state index in [-0.39, 0.29) is 23.9 Å². The molecule has 3 aromatic carbocycles. The first-order valence-electron chi connectivity index (χ1n) is 12.3. The van der Waals surface area contributed by atoms with Crippen LogP contribution >= 0.6 is 0 Å². The molecule has 0 spiro atoms. The fraction of sp³-hybridized carbons (Fsp3) is 0.276. The number of aryl methyl sites for hydroxylation is 1. The number of amides is 1. The van der Waals surface area contributed by atoms with Crippen molar-refractivity contribution < 1.29 is 17.6 Å². The van der Waals surface area contributed by atoms with Crippen LogP contribution in [-0.4, -0.2) is 67.7 Å². The van der Waals surface area contributed by atoms with Crippen molar-refractivity contribution in [1.82, 2.24) is 14.1 Å². The van der Waals surface area contributed by atoms with Gasteiger partial charge in [-0.05, 0) is 42.3 Å². The van der Waals surface area contributed by atoms with E-state index in [1.54, 1.807) is 41.3 Å². The summed E-state index contributed by atoms with van der Waals surface area (Å²) in [5.74, 6) is -0.637. The fourth-order valence-electron chi connectivity index (χ4n) is 4.21. The van der Waals surface area contributed by atoms with Crippen molar-refractivity contribution in [3.63, 3.8) is 0 Å². The summed E-state index contributed by atoms with van der Waals surface area (Å²) in [7, 11) is -3.94. The summed E-state index contributed by atoms with van der Waals surface area (Å²) in [5, 5.41) is 0. The van der Waals surface area contributed by atoms with E-state index in [9.17, 15) is 17.6 Å². The number of halogens is 1. The van der Waals surface area contributed by atoms with Crippen LogP contribution in [-0.2, 0) is 21.4 Å². The minimum absolute atomic E-state index is 0.0214. The topological polar surface area (TPSA) is 60.9 Å². The number of hydrogen-bond donors (Lipinski definition) is 0. The first-order chi connectivity index (χ1) is 17.8. The lowest BCUT2D eigenvalue weighted by Crippen LogP contribution is -2.51. The van der Waals surface area contributed by atoms with E-state index in [0.29, 0.717) is 31.7 Å². The lowest BCUT2D eigenvalue weighted by atomic mass is 10.2. The second kappa shape index (κ2) is 12.3. The van der Waals surface area contributed by atoms with Crippen LogP contribution in [0, 0.1) is 12.7 Å². The van der Waals surface area contributed by atoms with Gasteiger partial charge < -0.3 is 4.90 Å². The van der Waals surface area contributed by atoms with Crippen molar-refractivity contribution in [2.24, 2.45) is 0 Å². The molecule has 1 fully saturated rings. The molecule has 0 bridgehead atoms. The Hall–Kier alpha value is -3.33. The van der Waals surface area contributed by atoms with Crippen molar-refractivity contribution in [3.8, 4) is 0 Å². The normalized spacial score (nSPS) is 14.9. The maximum absolute atomic E-state index is 13.5. The van der Waals surface area contributed by atoms with E-state index in [1.807, 2.05) is 25.1 Å². The van der Waals surface area contributed by atoms with Crippen LogP contribution in [0.5, 0.6) is 0 Å². The van der Waals surface area contributed by atoms with Gasteiger partial charge in [0.1, 0.15) is 5.82 Å². The Bertz CT molecular complexity index is 1300. The zero-order chi connectivity index (χ0) is 26.3. The van der Waals surface area contributed by atoms with E-state index in [4.69, 9.17) is 0 Å². The number of piperazine rings is 1. The minimum atomic E-state index is -3.94. The van der Waals surface area contributed by atoms with Crippen molar-refractivity contribution in [1.29, 1.82) is 0 Å². The number of carbonyl (C=O) groups excluding carboxylic acids is 1. The number of nitrogens with zero attached hydrogens (tertiary/aromatic N) is 3. The Morgan fingerprint density at radius 1 is 0.919 bits per heavy atom. The molecule has 4 rings (SSSR count). The molecule has 1 aliphatic heterocycles. The van der Waals surface area contributed by atoms with Crippen molar-refractivity contribution in [2.45, 2.75) is 18.4 Å². The van der Waals surface area contributed by atoms with Gasteiger partial charge in [0.2, 0.25) is 15.9 Å². The van der Waals surface area contributed by atoms with Crippen LogP contribution in [0.3, 0.4) is 0 Å². The maximum atomic E-state index is 13.5. The zero-order valence-electron chi connectivity index (χ0n) is 21.0. The molecule has 1 aliphatic rings. The Morgan fingerprint density at radius 3 is 2.22 bits per heavy atom. The van der Waals surface area contributed by atoms with Gasteiger partial charge >= 0.3 is 0 Å². The van der Waals surface area contributed by atoms with Gasteiger partial charge in [-0.15, -0.1) is 0 Å². The summed E-state index contributed by atoms with van der Waals surface area (Å²) in [6.07, 6.45) is 4.20. The summed E-state index contributed by atoms with van der Waals surface area (Å²) in [6.45, 7) is 4.87. The highest BCUT2D eigenvalue weighted by molar-refractivity contribution is 7.89. The largest absolute Gasteiger partial charge is 0.339 e. The molecule has 8 heteroatoms. The molecule has 0 radical (unpaired) electrons. The SMILES string of the molecule is Cc1ccc(S(=O)(=O)N(CC(=O)N2CCN(C/C=C/c3ccccc3)CC2)Cc2ccc(F)cc2)cc1. The predicted octanol–water partition coefficient (Wildman–Crippen LogP) is 4.18. The van der Waals surface area contributed by atoms with Crippen molar-refractivity contribution >= 4 is 22.0 Å². The van der Waals surface area contributed by atoms with Crippen LogP contribution in [0.1, 0.15) is 16.7 Å². The highest BCUT2D eigenvalue weighted by Crippen LogP contribution is 2.20. The van der Waals surface area contributed by atoms with Crippen molar-refractivity contribution in [2.75, 3.05) is 39.3 Å². The molecule has 194 valence electrons. The van der Waals surface area contributed by atoms with Gasteiger partial charge in [0.25, 0.3) is 0 Å². The Morgan fingerprint density at radius 2 is 1.57 bits per heavy atom. The Labute approximate surface area is 218 Å². The molecular weight excluding hydrogens is 489 g/mol. The molecule has 1 saturated heterocycles. The third-order valence-corrected chi connectivity index (χ3v) is 8.25. The number of benzene rings is 3. The third-order valence-electron chi connectivity index (χ3n) is 6.44. The molecule has 6 nitrogen and oxygen atoms in total. The molecular formula is C29H32FN3O3S. The van der Waals surface area contributed by atoms with Gasteiger partial charge in [0, 0.05) is 39.3 Å². The molecule has 0 aromatic heterocycles. The number of sulfonamides is 1. The molecule has 0 aliphatic carbocycles. The smallest absolute Gasteiger partial charge is 0.243 e. The minimum Gasteiger partial charge on any atom is -0.339 e. The van der Waals surface area contributed by atoms with Gasteiger partial charge in [-0.25, -0.2) is 12.8 Å². The molecule has 1 amide bonds. The van der Waals surface area contributed by atoms with Crippen LogP contribution in [0.15, 0.2) is 89.8 Å². The Kier molecular flexibility index (Phi) is 8.87. The monoisotopic (exact) mass is 521 g/mol. The maximum Gasteiger partial charge on any atom is 0.243 e. The molecule has 0 N–H and O–H groups in total. The highest BCUT2D eigenvalue weighted by atomic mass is 32.2. The molecule has 37 heavy (non-hydrogen) atoms. The van der Waals surface area contributed by atoms with E-state index in [0.717, 1.165) is 17.7 Å². The lowest BCUT2D eigenvalue weighted by molar-refractivity contribution is -0.133. The first kappa shape index (κ1) is 26.7. The summed E-state index contributed by atoms with van der Waals surface area (Å²) in [6, 6.07) is 22.3. The van der Waals surface area contributed by atoms with E-state index in [2.05, 4.69) is 29.2 Å². The van der Waals surface area contributed by atoms with Crippen LogP contribution in [0.4, 0.5) is 4.39 Å². The highest BCUT2D eigenvalue weighted by Gasteiger charge is 2.30. The number of carbonyl (C=O) groups is 1. The fourth-order valence-corrected chi connectivity index (χ4v) is 5.59. The zero-order valence-corrected chi connectivity index (χ0v) is 21.8. The van der Waals surface area contributed by atoms with E-state index >= 15 is 0 Å². The standard InChI is InChI=1S/C29H32FN3O3S/c1-24-9-15-28(16-10-24)37(35,36)33(22-26-11-13-27(30)14-12-26)23-29(34)32-20-18-31(19-21-32)17-5-8-25-6-3-2-4-7-25/h2-16H,17-23H2,1H3/b8-5+. The third kappa shape index (κ3) is 7.35. The van der Waals surface area contributed by atoms with Crippen LogP contribution < -0.4 is 0 Å². The summed E-state index contributed by atoms with van der Waals surface area (Å²) in [4.78, 5) is 17.3. The lowest BCUT2D eigenvalue weighted by Gasteiger charge is -2.35. The number of hydrogen-bond acceptors (Lipinski definition) is 4. The molecule has 1 heterocycles. The number of rotatable bonds is 9. The summed E-state index contributed by atoms with van der Waals surface area (Å²) >= 11 is 0. The molecule has 0 unspecified atom stereocenters. The van der Waals surface area contributed by atoms with Gasteiger partial charge in [0.15, 0.2) is 0 Å². The van der Waals surface area contributed by atoms with Gasteiger partial charge in [-0.2, -0.15) is 4.31 Å². The molecule has 0 saturated carbocycles. The predicted molar refractivity (Wildman–Crippen MR) is 144 cm³/mol. The molecule has 0 atom stereocenters. The van der Waals surface area contributed by atoms with Crippen molar-refractivity contribution in [3.05, 3.63) is 107 Å². The average molecular weight is 522 g/mol. The van der Waals surface area contributed by atoms with E-state index < -0.39 is 15.8 Å². The van der Waals surface area contributed by atoms with Crippen LogP contribution in [0.25, 0.3) is 6.08 Å². The quantitative estimate of drug-likeness (QED) is 0.424. The van der Waals surface area contributed by atoms with Gasteiger partial charge in [0.05, 0.1) is 11.4 Å². The van der Waals surface area contributed by atoms with Gasteiger partial charge in [-0.3, -0.25) is 9.69 Å². The molecule has 3 aromatic rings. The van der Waals surface area contributed by atoms with Crippen LogP contribution in [0.2, 0.25) is 0 Å². The second-order valence-electron chi connectivity index (χ2n) is 9.21. The van der Waals surface area contributed by atoms with E-state index in [1.165, 1.54) is 16.4 Å².